The topological polar surface area (TPSA) is 190 Å². The molecule has 7 N–H and O–H groups in total. The van der Waals surface area contributed by atoms with E-state index in [1.807, 2.05) is 0 Å². The smallest absolute Gasteiger partial charge is 0.229 e. The fourth-order valence-electron chi connectivity index (χ4n) is 3.42. The van der Waals surface area contributed by atoms with Crippen molar-refractivity contribution in [2.75, 3.05) is 6.61 Å². The van der Waals surface area contributed by atoms with Crippen LogP contribution in [0.15, 0.2) is 45.6 Å². The van der Waals surface area contributed by atoms with Crippen molar-refractivity contribution in [2.24, 2.45) is 0 Å². The summed E-state index contributed by atoms with van der Waals surface area (Å²) in [6.07, 6.45) is -7.99. The van der Waals surface area contributed by atoms with Crippen molar-refractivity contribution in [1.82, 2.24) is 0 Å². The summed E-state index contributed by atoms with van der Waals surface area (Å²) in [4.78, 5) is 12.6. The Morgan fingerprint density at radius 1 is 0.906 bits per heavy atom. The van der Waals surface area contributed by atoms with E-state index in [1.54, 1.807) is 0 Å². The average molecular weight is 448 g/mol. The van der Waals surface area contributed by atoms with Crippen molar-refractivity contribution >= 4 is 11.0 Å². The average Bonchev–Trinajstić information content (AvgIpc) is 2.77. The normalized spacial score (nSPS) is 25.7. The largest absolute Gasteiger partial charge is 0.508 e. The molecule has 5 atom stereocenters. The van der Waals surface area contributed by atoms with Crippen molar-refractivity contribution in [3.05, 3.63) is 46.6 Å². The van der Waals surface area contributed by atoms with Gasteiger partial charge in [-0.2, -0.15) is 0 Å². The van der Waals surface area contributed by atoms with Crippen molar-refractivity contribution in [3.8, 4) is 34.3 Å². The number of phenolic OH excluding ortho intramolecular Hbond substituents is 3. The second-order valence-corrected chi connectivity index (χ2v) is 7.28. The van der Waals surface area contributed by atoms with E-state index in [0.29, 0.717) is 5.56 Å². The predicted octanol–water partition coefficient (Wildman–Crippen LogP) is -0.245. The lowest BCUT2D eigenvalue weighted by molar-refractivity contribution is -0.277. The van der Waals surface area contributed by atoms with Crippen LogP contribution in [0.1, 0.15) is 0 Å². The zero-order valence-electron chi connectivity index (χ0n) is 16.3. The van der Waals surface area contributed by atoms with E-state index in [4.69, 9.17) is 13.9 Å². The number of hydrogen-bond acceptors (Lipinski definition) is 11. The summed E-state index contributed by atoms with van der Waals surface area (Å²) in [5.41, 5.74) is -0.386. The Kier molecular flexibility index (Phi) is 5.67. The summed E-state index contributed by atoms with van der Waals surface area (Å²) >= 11 is 0. The van der Waals surface area contributed by atoms with E-state index in [9.17, 15) is 40.5 Å². The highest BCUT2D eigenvalue weighted by Gasteiger charge is 2.45. The molecule has 170 valence electrons. The number of ether oxygens (including phenoxy) is 2. The maximum Gasteiger partial charge on any atom is 0.229 e. The maximum absolute atomic E-state index is 12.6. The molecule has 1 fully saturated rings. The summed E-state index contributed by atoms with van der Waals surface area (Å²) in [7, 11) is 0. The molecule has 0 saturated carbocycles. The number of aliphatic hydroxyl groups excluding tert-OH is 4. The lowest BCUT2D eigenvalue weighted by Gasteiger charge is -2.39. The number of hydrogen-bond donors (Lipinski definition) is 7. The minimum Gasteiger partial charge on any atom is -0.508 e. The zero-order chi connectivity index (χ0) is 23.2. The first-order valence-electron chi connectivity index (χ1n) is 9.50. The summed E-state index contributed by atoms with van der Waals surface area (Å²) in [5.74, 6) is -2.03. The van der Waals surface area contributed by atoms with Gasteiger partial charge in [0.05, 0.1) is 6.61 Å². The van der Waals surface area contributed by atoms with Crippen LogP contribution >= 0.6 is 0 Å². The first kappa shape index (κ1) is 21.9. The van der Waals surface area contributed by atoms with Crippen LogP contribution in [0.3, 0.4) is 0 Å². The molecule has 4 rings (SSSR count). The first-order chi connectivity index (χ1) is 15.2. The molecule has 0 amide bonds. The Balaban J connectivity index is 1.76. The number of phenols is 3. The van der Waals surface area contributed by atoms with Crippen molar-refractivity contribution in [3.63, 3.8) is 0 Å². The molecule has 11 heteroatoms. The van der Waals surface area contributed by atoms with E-state index in [-0.39, 0.29) is 22.5 Å². The number of fused-ring (bicyclic) bond motifs is 1. The minimum absolute atomic E-state index is 0.00895. The highest BCUT2D eigenvalue weighted by Crippen LogP contribution is 2.42. The van der Waals surface area contributed by atoms with E-state index in [0.717, 1.165) is 12.1 Å². The maximum atomic E-state index is 12.6. The van der Waals surface area contributed by atoms with Crippen LogP contribution in [0.25, 0.3) is 22.3 Å². The van der Waals surface area contributed by atoms with E-state index in [2.05, 4.69) is 0 Å². The zero-order valence-corrected chi connectivity index (χ0v) is 16.3. The standard InChI is InChI=1S/C21H20O11/c22-7-14-17(26)19(28)20(29)21(32-14)31-13-6-12-15(18(27)16(13)25)10(24)5-11(30-12)8-1-3-9(23)4-2-8/h1-6,14,17,19-23,25-29H,7H2/t14-,17-,19+,20-,21-/m1/s1. The summed E-state index contributed by atoms with van der Waals surface area (Å²) in [6, 6.07) is 7.97. The van der Waals surface area contributed by atoms with Gasteiger partial charge in [0.1, 0.15) is 46.9 Å². The van der Waals surface area contributed by atoms with Gasteiger partial charge >= 0.3 is 0 Å². The van der Waals surface area contributed by atoms with E-state index >= 15 is 0 Å². The second kappa shape index (κ2) is 8.30. The molecule has 0 aliphatic carbocycles. The van der Waals surface area contributed by atoms with Gasteiger partial charge in [-0.25, -0.2) is 0 Å². The van der Waals surface area contributed by atoms with Gasteiger partial charge in [-0.3, -0.25) is 4.79 Å². The molecule has 2 aromatic carbocycles. The molecule has 0 bridgehead atoms. The molecular formula is C21H20O11. The number of aromatic hydroxyl groups is 3. The van der Waals surface area contributed by atoms with Gasteiger partial charge in [0.2, 0.25) is 12.0 Å². The van der Waals surface area contributed by atoms with Crippen LogP contribution in [-0.4, -0.2) is 73.1 Å². The second-order valence-electron chi connectivity index (χ2n) is 7.28. The van der Waals surface area contributed by atoms with Crippen LogP contribution in [0.5, 0.6) is 23.0 Å². The van der Waals surface area contributed by atoms with Gasteiger partial charge in [-0.1, -0.05) is 0 Å². The van der Waals surface area contributed by atoms with Crippen LogP contribution in [0.2, 0.25) is 0 Å². The number of rotatable bonds is 4. The molecule has 1 aromatic heterocycles. The summed E-state index contributed by atoms with van der Waals surface area (Å²) in [5, 5.41) is 69.0. The molecule has 32 heavy (non-hydrogen) atoms. The molecule has 11 nitrogen and oxygen atoms in total. The molecule has 1 aliphatic heterocycles. The van der Waals surface area contributed by atoms with Gasteiger partial charge in [-0.15, -0.1) is 0 Å². The molecule has 0 radical (unpaired) electrons. The Morgan fingerprint density at radius 2 is 1.59 bits per heavy atom. The Labute approximate surface area is 179 Å². The van der Waals surface area contributed by atoms with Gasteiger partial charge in [0, 0.05) is 17.7 Å². The molecule has 1 aliphatic rings. The fraction of sp³-hybridized carbons (Fsp3) is 0.286. The monoisotopic (exact) mass is 448 g/mol. The van der Waals surface area contributed by atoms with Gasteiger partial charge in [-0.05, 0) is 24.3 Å². The highest BCUT2D eigenvalue weighted by molar-refractivity contribution is 5.89. The lowest BCUT2D eigenvalue weighted by Crippen LogP contribution is -2.60. The SMILES string of the molecule is O=c1cc(-c2ccc(O)cc2)oc2cc(O[C@@H]3O[C@H](CO)[C@@H](O)[C@H](O)[C@H]3O)c(O)c(O)c12. The van der Waals surface area contributed by atoms with Gasteiger partial charge in [0.25, 0.3) is 0 Å². The Hall–Kier alpha value is -3.35. The van der Waals surface area contributed by atoms with Crippen LogP contribution in [-0.2, 0) is 4.74 Å². The Bertz CT molecular complexity index is 1190. The molecule has 1 saturated heterocycles. The predicted molar refractivity (Wildman–Crippen MR) is 107 cm³/mol. The third-order valence-corrected chi connectivity index (χ3v) is 5.17. The molecule has 0 spiro atoms. The van der Waals surface area contributed by atoms with Gasteiger partial charge in [0.15, 0.2) is 16.9 Å². The summed E-state index contributed by atoms with van der Waals surface area (Å²) in [6.45, 7) is -0.690. The molecule has 3 aromatic rings. The van der Waals surface area contributed by atoms with Crippen LogP contribution in [0, 0.1) is 0 Å². The van der Waals surface area contributed by atoms with Crippen molar-refractivity contribution in [2.45, 2.75) is 30.7 Å². The molecular weight excluding hydrogens is 428 g/mol. The van der Waals surface area contributed by atoms with Gasteiger partial charge < -0.3 is 49.6 Å². The fourth-order valence-corrected chi connectivity index (χ4v) is 3.42. The molecule has 0 unspecified atom stereocenters. The van der Waals surface area contributed by atoms with Crippen LogP contribution in [0.4, 0.5) is 0 Å². The minimum atomic E-state index is -1.76. The third kappa shape index (κ3) is 3.72. The van der Waals surface area contributed by atoms with E-state index in [1.165, 1.54) is 24.3 Å². The Morgan fingerprint density at radius 3 is 2.25 bits per heavy atom. The lowest BCUT2D eigenvalue weighted by atomic mass is 9.99. The quantitative estimate of drug-likeness (QED) is 0.261. The van der Waals surface area contributed by atoms with Crippen molar-refractivity contribution in [1.29, 1.82) is 0 Å². The van der Waals surface area contributed by atoms with Crippen molar-refractivity contribution < 1.29 is 49.6 Å². The molecule has 2 heterocycles. The highest BCUT2D eigenvalue weighted by atomic mass is 16.7. The third-order valence-electron chi connectivity index (χ3n) is 5.17. The number of aliphatic hydroxyl groups is 4. The first-order valence-corrected chi connectivity index (χ1v) is 9.50. The number of benzene rings is 2. The van der Waals surface area contributed by atoms with Crippen LogP contribution < -0.4 is 10.2 Å². The summed E-state index contributed by atoms with van der Waals surface area (Å²) < 4.78 is 16.3. The van der Waals surface area contributed by atoms with E-state index < -0.39 is 60.0 Å².